The highest BCUT2D eigenvalue weighted by atomic mass is 16.5. The fourth-order valence-corrected chi connectivity index (χ4v) is 8.44. The van der Waals surface area contributed by atoms with E-state index < -0.39 is 6.09 Å². The van der Waals surface area contributed by atoms with E-state index in [0.29, 0.717) is 49.5 Å². The molecule has 5 heterocycles. The molecule has 11 heteroatoms. The van der Waals surface area contributed by atoms with Gasteiger partial charge in [0, 0.05) is 87.1 Å². The zero-order chi connectivity index (χ0) is 35.9. The number of anilines is 1. The Balaban J connectivity index is 1.24. The monoisotopic (exact) mass is 703 g/mol. The number of carboxylic acid groups (broad SMARTS) is 1. The number of ether oxygens (including phenoxy) is 1. The third kappa shape index (κ3) is 6.43. The summed E-state index contributed by atoms with van der Waals surface area (Å²) in [6.07, 6.45) is 2.99. The summed E-state index contributed by atoms with van der Waals surface area (Å²) in [4.78, 5) is 48.9. The predicted molar refractivity (Wildman–Crippen MR) is 197 cm³/mol. The van der Waals surface area contributed by atoms with Gasteiger partial charge in [-0.1, -0.05) is 24.3 Å². The lowest BCUT2D eigenvalue weighted by Gasteiger charge is -2.41. The van der Waals surface area contributed by atoms with E-state index in [-0.39, 0.29) is 30.2 Å². The number of phenols is 1. The van der Waals surface area contributed by atoms with Crippen LogP contribution in [-0.4, -0.2) is 99.9 Å². The van der Waals surface area contributed by atoms with Crippen LogP contribution in [0.25, 0.3) is 11.3 Å². The molecule has 8 rings (SSSR count). The van der Waals surface area contributed by atoms with E-state index in [9.17, 15) is 19.8 Å². The lowest BCUT2D eigenvalue weighted by atomic mass is 9.89. The first-order chi connectivity index (χ1) is 25.2. The van der Waals surface area contributed by atoms with Crippen molar-refractivity contribution in [3.63, 3.8) is 0 Å². The number of morpholine rings is 1. The molecule has 1 fully saturated rings. The molecule has 2 N–H and O–H groups in total. The minimum absolute atomic E-state index is 0.0581. The number of carbonyl (C=O) groups is 3. The van der Waals surface area contributed by atoms with Crippen LogP contribution in [0.4, 0.5) is 10.5 Å². The SMILES string of the molecule is CN(C(=O)c1cc(-c2cc3c(cc2C(=O)N2Cc4ccccc4C[C@H]2CN2CCOCC2)CN(C(=O)O)CC3)n2c1CCCC2)c1ccc(O)cc1. The van der Waals surface area contributed by atoms with Crippen molar-refractivity contribution in [2.24, 2.45) is 0 Å². The van der Waals surface area contributed by atoms with Crippen molar-refractivity contribution in [2.45, 2.75) is 57.8 Å². The molecule has 0 spiro atoms. The lowest BCUT2D eigenvalue weighted by Crippen LogP contribution is -2.52. The van der Waals surface area contributed by atoms with E-state index in [0.717, 1.165) is 85.5 Å². The van der Waals surface area contributed by atoms with Crippen LogP contribution in [0.1, 0.15) is 61.5 Å². The van der Waals surface area contributed by atoms with Crippen LogP contribution in [0.15, 0.2) is 66.7 Å². The zero-order valence-corrected chi connectivity index (χ0v) is 29.6. The second-order valence-corrected chi connectivity index (χ2v) is 14.5. The number of phenolic OH excluding ortho intramolecular Hbond substituents is 1. The van der Waals surface area contributed by atoms with Crippen molar-refractivity contribution in [3.8, 4) is 17.0 Å². The van der Waals surface area contributed by atoms with Crippen LogP contribution in [0.3, 0.4) is 0 Å². The van der Waals surface area contributed by atoms with Gasteiger partial charge in [-0.2, -0.15) is 0 Å². The maximum atomic E-state index is 15.2. The van der Waals surface area contributed by atoms with Crippen molar-refractivity contribution >= 4 is 23.6 Å². The summed E-state index contributed by atoms with van der Waals surface area (Å²) in [6, 6.07) is 20.9. The number of nitrogens with zero attached hydrogens (tertiary/aromatic N) is 5. The molecule has 0 aliphatic carbocycles. The lowest BCUT2D eigenvalue weighted by molar-refractivity contribution is 0.0193. The number of fused-ring (bicyclic) bond motifs is 3. The third-order valence-corrected chi connectivity index (χ3v) is 11.3. The Morgan fingerprint density at radius 3 is 2.37 bits per heavy atom. The summed E-state index contributed by atoms with van der Waals surface area (Å²) in [5, 5.41) is 19.7. The number of rotatable bonds is 6. The third-order valence-electron chi connectivity index (χ3n) is 11.3. The number of aromatic nitrogens is 1. The molecule has 4 aliphatic rings. The standard InChI is InChI=1S/C41H45N5O6/c1-42(31-9-11-33(47)12-10-31)39(48)36-23-38(45-14-5-4-8-37(36)45)34-21-28-13-15-44(41(50)51)24-30(28)22-35(34)40(49)46-25-29-7-3-2-6-27(29)20-32(46)26-43-16-18-52-19-17-43/h2-3,6-7,9-12,21-23,32,47H,4-5,8,13-20,24-26H2,1H3,(H,50,51)/t32-/m0/s1. The first kappa shape index (κ1) is 34.0. The number of amides is 3. The Morgan fingerprint density at radius 1 is 0.827 bits per heavy atom. The van der Waals surface area contributed by atoms with Gasteiger partial charge < -0.3 is 34.2 Å². The van der Waals surface area contributed by atoms with Gasteiger partial charge in [0.2, 0.25) is 0 Å². The quantitative estimate of drug-likeness (QED) is 0.276. The van der Waals surface area contributed by atoms with Gasteiger partial charge in [-0.25, -0.2) is 4.79 Å². The summed E-state index contributed by atoms with van der Waals surface area (Å²) in [5.74, 6) is -0.101. The molecule has 0 unspecified atom stereocenters. The molecular formula is C41H45N5O6. The first-order valence-electron chi connectivity index (χ1n) is 18.4. The van der Waals surface area contributed by atoms with Crippen molar-refractivity contribution in [1.82, 2.24) is 19.3 Å². The Morgan fingerprint density at radius 2 is 1.60 bits per heavy atom. The maximum Gasteiger partial charge on any atom is 0.407 e. The van der Waals surface area contributed by atoms with Gasteiger partial charge in [0.1, 0.15) is 5.75 Å². The summed E-state index contributed by atoms with van der Waals surface area (Å²) in [7, 11) is 1.74. The molecule has 0 saturated carbocycles. The molecule has 3 amide bonds. The largest absolute Gasteiger partial charge is 0.508 e. The van der Waals surface area contributed by atoms with Crippen molar-refractivity contribution in [1.29, 1.82) is 0 Å². The van der Waals surface area contributed by atoms with Gasteiger partial charge in [0.25, 0.3) is 11.8 Å². The van der Waals surface area contributed by atoms with Crippen molar-refractivity contribution < 1.29 is 29.3 Å². The number of hydrogen-bond acceptors (Lipinski definition) is 6. The van der Waals surface area contributed by atoms with Crippen molar-refractivity contribution in [3.05, 3.63) is 106 Å². The minimum Gasteiger partial charge on any atom is -0.508 e. The van der Waals surface area contributed by atoms with Gasteiger partial charge in [-0.05, 0) is 96.8 Å². The van der Waals surface area contributed by atoms with Gasteiger partial charge in [-0.15, -0.1) is 0 Å². The van der Waals surface area contributed by atoms with E-state index in [1.165, 1.54) is 10.5 Å². The highest BCUT2D eigenvalue weighted by Crippen LogP contribution is 2.38. The molecular weight excluding hydrogens is 658 g/mol. The van der Waals surface area contributed by atoms with Crippen LogP contribution in [0.5, 0.6) is 5.75 Å². The highest BCUT2D eigenvalue weighted by molar-refractivity contribution is 6.08. The molecule has 1 aromatic heterocycles. The second kappa shape index (κ2) is 14.1. The fourth-order valence-electron chi connectivity index (χ4n) is 8.44. The number of benzene rings is 3. The average Bonchev–Trinajstić information content (AvgIpc) is 3.56. The first-order valence-corrected chi connectivity index (χ1v) is 18.4. The maximum absolute atomic E-state index is 15.2. The summed E-state index contributed by atoms with van der Waals surface area (Å²) < 4.78 is 7.86. The Labute approximate surface area is 303 Å². The smallest absolute Gasteiger partial charge is 0.407 e. The van der Waals surface area contributed by atoms with Gasteiger partial charge in [0.15, 0.2) is 0 Å². The van der Waals surface area contributed by atoms with E-state index >= 15 is 4.79 Å². The minimum atomic E-state index is -0.970. The molecule has 0 radical (unpaired) electrons. The normalized spacial score (nSPS) is 18.7. The molecule has 3 aromatic carbocycles. The van der Waals surface area contributed by atoms with Gasteiger partial charge in [0.05, 0.1) is 18.8 Å². The Bertz CT molecular complexity index is 2020. The molecule has 1 saturated heterocycles. The predicted octanol–water partition coefficient (Wildman–Crippen LogP) is 5.41. The Kier molecular flexibility index (Phi) is 9.23. The summed E-state index contributed by atoms with van der Waals surface area (Å²) in [6.45, 7) is 5.54. The second-order valence-electron chi connectivity index (χ2n) is 14.5. The highest BCUT2D eigenvalue weighted by Gasteiger charge is 2.35. The van der Waals surface area contributed by atoms with Crippen LogP contribution in [-0.2, 0) is 43.6 Å². The summed E-state index contributed by atoms with van der Waals surface area (Å²) in [5.41, 5.74) is 8.66. The molecule has 4 aliphatic heterocycles. The van der Waals surface area contributed by atoms with Crippen LogP contribution in [0.2, 0.25) is 0 Å². The molecule has 52 heavy (non-hydrogen) atoms. The van der Waals surface area contributed by atoms with Crippen LogP contribution < -0.4 is 4.90 Å². The molecule has 270 valence electrons. The van der Waals surface area contributed by atoms with Crippen LogP contribution >= 0.6 is 0 Å². The number of hydrogen-bond donors (Lipinski definition) is 2. The summed E-state index contributed by atoms with van der Waals surface area (Å²) >= 11 is 0. The molecule has 0 bridgehead atoms. The van der Waals surface area contributed by atoms with E-state index in [1.807, 2.05) is 23.1 Å². The number of aromatic hydroxyl groups is 1. The number of carbonyl (C=O) groups excluding carboxylic acids is 2. The topological polar surface area (TPSA) is 119 Å². The molecule has 4 aromatic rings. The van der Waals surface area contributed by atoms with E-state index in [1.54, 1.807) is 36.2 Å². The van der Waals surface area contributed by atoms with Crippen LogP contribution in [0, 0.1) is 0 Å². The zero-order valence-electron chi connectivity index (χ0n) is 29.6. The van der Waals surface area contributed by atoms with Gasteiger partial charge in [-0.3, -0.25) is 14.5 Å². The van der Waals surface area contributed by atoms with Gasteiger partial charge >= 0.3 is 6.09 Å². The average molecular weight is 704 g/mol. The molecule has 11 nitrogen and oxygen atoms in total. The van der Waals surface area contributed by atoms with E-state index in [2.05, 4.69) is 33.7 Å². The molecule has 1 atom stereocenters. The Hall–Kier alpha value is -5.13. The van der Waals surface area contributed by atoms with Crippen molar-refractivity contribution in [2.75, 3.05) is 51.3 Å². The fraction of sp³-hybridized carbons (Fsp3) is 0.390. The van der Waals surface area contributed by atoms with E-state index in [4.69, 9.17) is 4.74 Å².